The van der Waals surface area contributed by atoms with Gasteiger partial charge in [0.2, 0.25) is 0 Å². The molecule has 1 aliphatic carbocycles. The second-order valence-corrected chi connectivity index (χ2v) is 6.84. The summed E-state index contributed by atoms with van der Waals surface area (Å²) in [7, 11) is -3.91. The molecule has 0 saturated heterocycles. The highest BCUT2D eigenvalue weighted by molar-refractivity contribution is 7.96. The van der Waals surface area contributed by atoms with Crippen LogP contribution in [0.2, 0.25) is 5.02 Å². The monoisotopic (exact) mass is 300 g/mol. The predicted molar refractivity (Wildman–Crippen MR) is 72.2 cm³/mol. The van der Waals surface area contributed by atoms with Crippen molar-refractivity contribution < 1.29 is 17.7 Å². The van der Waals surface area contributed by atoms with Crippen molar-refractivity contribution in [3.05, 3.63) is 40.6 Å². The van der Waals surface area contributed by atoms with Crippen molar-refractivity contribution in [2.75, 3.05) is 0 Å². The molecule has 1 N–H and O–H groups in total. The van der Waals surface area contributed by atoms with E-state index in [9.17, 15) is 13.5 Å². The van der Waals surface area contributed by atoms with E-state index in [1.807, 2.05) is 0 Å². The van der Waals surface area contributed by atoms with Gasteiger partial charge in [0, 0.05) is 5.02 Å². The Morgan fingerprint density at radius 3 is 2.32 bits per heavy atom. The molecule has 0 amide bonds. The van der Waals surface area contributed by atoms with Crippen molar-refractivity contribution in [1.82, 2.24) is 0 Å². The zero-order valence-electron chi connectivity index (χ0n) is 10.1. The molecule has 1 aliphatic heterocycles. The van der Waals surface area contributed by atoms with E-state index in [1.54, 1.807) is 24.3 Å². The van der Waals surface area contributed by atoms with Crippen molar-refractivity contribution in [3.63, 3.8) is 0 Å². The summed E-state index contributed by atoms with van der Waals surface area (Å²) in [5.41, 5.74) is -0.626. The van der Waals surface area contributed by atoms with E-state index in [-0.39, 0.29) is 10.7 Å². The molecule has 0 atom stereocenters. The third-order valence-electron chi connectivity index (χ3n) is 3.68. The Kier molecular flexibility index (Phi) is 2.89. The van der Waals surface area contributed by atoms with Gasteiger partial charge in [0.05, 0.1) is 0 Å². The van der Waals surface area contributed by atoms with E-state index in [4.69, 9.17) is 15.8 Å². The molecule has 4 nitrogen and oxygen atoms in total. The molecule has 2 aliphatic rings. The van der Waals surface area contributed by atoms with Gasteiger partial charge in [0.1, 0.15) is 16.3 Å². The molecule has 3 rings (SSSR count). The van der Waals surface area contributed by atoms with Crippen LogP contribution < -0.4 is 0 Å². The van der Waals surface area contributed by atoms with Gasteiger partial charge < -0.3 is 5.11 Å². The summed E-state index contributed by atoms with van der Waals surface area (Å²) in [6.45, 7) is 0. The Morgan fingerprint density at radius 1 is 1.16 bits per heavy atom. The summed E-state index contributed by atoms with van der Waals surface area (Å²) in [4.78, 5) is -0.119. The Bertz CT molecular complexity index is 640. The van der Waals surface area contributed by atoms with Crippen LogP contribution in [0, 0.1) is 0 Å². The Hall–Kier alpha value is -1.04. The summed E-state index contributed by atoms with van der Waals surface area (Å²) in [6.07, 6.45) is 2.78. The van der Waals surface area contributed by atoms with Gasteiger partial charge in [-0.3, -0.25) is 4.18 Å². The highest BCUT2D eigenvalue weighted by atomic mass is 35.5. The maximum Gasteiger partial charge on any atom is 0.302 e. The molecular weight excluding hydrogens is 288 g/mol. The molecule has 0 bridgehead atoms. The summed E-state index contributed by atoms with van der Waals surface area (Å²) in [5, 5.41) is 10.8. The molecule has 0 unspecified atom stereocenters. The number of aliphatic hydroxyl groups is 1. The molecule has 0 radical (unpaired) electrons. The normalized spacial score (nSPS) is 24.3. The lowest BCUT2D eigenvalue weighted by Gasteiger charge is -2.19. The highest BCUT2D eigenvalue weighted by Crippen LogP contribution is 2.49. The van der Waals surface area contributed by atoms with E-state index in [2.05, 4.69) is 0 Å². The molecule has 1 heterocycles. The van der Waals surface area contributed by atoms with E-state index in [1.165, 1.54) is 0 Å². The van der Waals surface area contributed by atoms with Gasteiger partial charge in [-0.2, -0.15) is 8.42 Å². The number of hydrogen-bond donors (Lipinski definition) is 1. The van der Waals surface area contributed by atoms with Crippen molar-refractivity contribution in [2.45, 2.75) is 31.3 Å². The number of halogens is 1. The van der Waals surface area contributed by atoms with Gasteiger partial charge in [0.25, 0.3) is 0 Å². The first-order chi connectivity index (χ1) is 8.95. The standard InChI is InChI=1S/C13H13ClO4S/c14-10-5-3-9(4-6-10)11-12(15)13(7-1-2-8-13)18-19(11,16)17/h3-6,15H,1-2,7-8H2. The Balaban J connectivity index is 2.16. The minimum Gasteiger partial charge on any atom is -0.508 e. The molecule has 1 fully saturated rings. The van der Waals surface area contributed by atoms with E-state index < -0.39 is 15.7 Å². The van der Waals surface area contributed by atoms with Crippen LogP contribution in [0.1, 0.15) is 31.2 Å². The fourth-order valence-corrected chi connectivity index (χ4v) is 4.49. The molecule has 6 heteroatoms. The predicted octanol–water partition coefficient (Wildman–Crippen LogP) is 3.24. The first-order valence-corrected chi connectivity index (χ1v) is 7.89. The first kappa shape index (κ1) is 13.0. The molecule has 0 aromatic heterocycles. The summed E-state index contributed by atoms with van der Waals surface area (Å²) in [6, 6.07) is 6.32. The lowest BCUT2D eigenvalue weighted by molar-refractivity contribution is 0.0889. The van der Waals surface area contributed by atoms with Gasteiger partial charge in [-0.1, -0.05) is 23.7 Å². The lowest BCUT2D eigenvalue weighted by Crippen LogP contribution is -2.27. The van der Waals surface area contributed by atoms with Crippen molar-refractivity contribution in [3.8, 4) is 0 Å². The van der Waals surface area contributed by atoms with E-state index in [0.29, 0.717) is 23.4 Å². The molecule has 19 heavy (non-hydrogen) atoms. The third kappa shape index (κ3) is 1.96. The maximum atomic E-state index is 12.1. The zero-order chi connectivity index (χ0) is 13.7. The number of benzene rings is 1. The molecule has 1 saturated carbocycles. The van der Waals surface area contributed by atoms with E-state index in [0.717, 1.165) is 12.8 Å². The van der Waals surface area contributed by atoms with Crippen molar-refractivity contribution in [2.24, 2.45) is 0 Å². The number of aliphatic hydroxyl groups excluding tert-OH is 1. The molecular formula is C13H13ClO4S. The van der Waals surface area contributed by atoms with E-state index >= 15 is 0 Å². The van der Waals surface area contributed by atoms with Gasteiger partial charge in [-0.15, -0.1) is 0 Å². The quantitative estimate of drug-likeness (QED) is 0.809. The minimum absolute atomic E-state index is 0.119. The van der Waals surface area contributed by atoms with Crippen molar-refractivity contribution in [1.29, 1.82) is 0 Å². The molecule has 1 aromatic carbocycles. The second-order valence-electron chi connectivity index (χ2n) is 4.92. The largest absolute Gasteiger partial charge is 0.508 e. The smallest absolute Gasteiger partial charge is 0.302 e. The number of hydrogen-bond acceptors (Lipinski definition) is 4. The van der Waals surface area contributed by atoms with Gasteiger partial charge in [-0.25, -0.2) is 0 Å². The summed E-state index contributed by atoms with van der Waals surface area (Å²) < 4.78 is 29.5. The highest BCUT2D eigenvalue weighted by Gasteiger charge is 2.52. The first-order valence-electron chi connectivity index (χ1n) is 6.10. The van der Waals surface area contributed by atoms with Gasteiger partial charge >= 0.3 is 10.1 Å². The SMILES string of the molecule is O=S1(=O)OC2(CCCC2)C(O)=C1c1ccc(Cl)cc1. The fraction of sp³-hybridized carbons (Fsp3) is 0.385. The zero-order valence-corrected chi connectivity index (χ0v) is 11.7. The Labute approximate surface area is 116 Å². The Morgan fingerprint density at radius 2 is 1.74 bits per heavy atom. The van der Waals surface area contributed by atoms with Crippen LogP contribution in [-0.4, -0.2) is 19.1 Å². The minimum atomic E-state index is -3.91. The van der Waals surface area contributed by atoms with Crippen LogP contribution in [0.15, 0.2) is 30.0 Å². The maximum absolute atomic E-state index is 12.1. The van der Waals surface area contributed by atoms with Crippen molar-refractivity contribution >= 4 is 26.6 Å². The van der Waals surface area contributed by atoms with Gasteiger partial charge in [0.15, 0.2) is 0 Å². The van der Waals surface area contributed by atoms with Crippen LogP contribution >= 0.6 is 11.6 Å². The van der Waals surface area contributed by atoms with Crippen LogP contribution in [0.3, 0.4) is 0 Å². The lowest BCUT2D eigenvalue weighted by atomic mass is 9.98. The summed E-state index contributed by atoms with van der Waals surface area (Å²) in [5.74, 6) is -0.160. The average molecular weight is 301 g/mol. The van der Waals surface area contributed by atoms with Crippen LogP contribution in [0.4, 0.5) is 0 Å². The third-order valence-corrected chi connectivity index (χ3v) is 5.40. The molecule has 1 spiro atoms. The molecule has 1 aromatic rings. The van der Waals surface area contributed by atoms with Crippen LogP contribution in [0.5, 0.6) is 0 Å². The fourth-order valence-electron chi connectivity index (χ4n) is 2.77. The average Bonchev–Trinajstić information content (AvgIpc) is 2.87. The van der Waals surface area contributed by atoms with Gasteiger partial charge in [-0.05, 0) is 43.4 Å². The van der Waals surface area contributed by atoms with Crippen LogP contribution in [0.25, 0.3) is 4.91 Å². The topological polar surface area (TPSA) is 63.6 Å². The van der Waals surface area contributed by atoms with Crippen LogP contribution in [-0.2, 0) is 14.3 Å². The molecule has 102 valence electrons. The second kappa shape index (κ2) is 4.23. The summed E-state index contributed by atoms with van der Waals surface area (Å²) >= 11 is 5.79. The number of rotatable bonds is 1.